The molecule has 0 aromatic rings. The van der Waals surface area contributed by atoms with Gasteiger partial charge in [-0.25, -0.2) is 0 Å². The fraction of sp³-hybridized carbons (Fsp3) is 0.846. The summed E-state index contributed by atoms with van der Waals surface area (Å²) in [4.78, 5) is 0. The van der Waals surface area contributed by atoms with Crippen LogP contribution in [0.2, 0.25) is 0 Å². The van der Waals surface area contributed by atoms with Crippen LogP contribution in [0.4, 0.5) is 0 Å². The van der Waals surface area contributed by atoms with Gasteiger partial charge in [0.2, 0.25) is 0 Å². The molecule has 1 aliphatic carbocycles. The summed E-state index contributed by atoms with van der Waals surface area (Å²) in [5.74, 6) is 2.01. The standard InChI is InChI=1S/C13H24/c1-3-5-9-12(4-2)13-10-7-6-8-11-13/h6-7,12-13H,3-5,8-11H2,1-2H3. The zero-order chi connectivity index (χ0) is 9.52. The van der Waals surface area contributed by atoms with Gasteiger partial charge in [-0.1, -0.05) is 51.7 Å². The van der Waals surface area contributed by atoms with Crippen molar-refractivity contribution in [3.05, 3.63) is 12.2 Å². The molecule has 0 saturated carbocycles. The number of rotatable bonds is 5. The molecule has 0 spiro atoms. The molecule has 1 rings (SSSR count). The van der Waals surface area contributed by atoms with E-state index in [1.807, 2.05) is 0 Å². The Balaban J connectivity index is 2.31. The molecular formula is C13H24. The Labute approximate surface area is 83.4 Å². The van der Waals surface area contributed by atoms with Crippen LogP contribution in [0.25, 0.3) is 0 Å². The van der Waals surface area contributed by atoms with E-state index in [0.717, 1.165) is 11.8 Å². The smallest absolute Gasteiger partial charge is 0.0319 e. The number of hydrogen-bond acceptors (Lipinski definition) is 0. The van der Waals surface area contributed by atoms with Crippen molar-refractivity contribution in [1.82, 2.24) is 0 Å². The van der Waals surface area contributed by atoms with Crippen LogP contribution in [0.1, 0.15) is 58.8 Å². The molecule has 0 heterocycles. The SMILES string of the molecule is CCCCC(CC)C1CC=CCC1. The van der Waals surface area contributed by atoms with Crippen LogP contribution in [-0.2, 0) is 0 Å². The first-order chi connectivity index (χ1) is 6.38. The van der Waals surface area contributed by atoms with Crippen molar-refractivity contribution < 1.29 is 0 Å². The van der Waals surface area contributed by atoms with Gasteiger partial charge < -0.3 is 0 Å². The van der Waals surface area contributed by atoms with Crippen LogP contribution in [0, 0.1) is 11.8 Å². The quantitative estimate of drug-likeness (QED) is 0.544. The van der Waals surface area contributed by atoms with Gasteiger partial charge in [-0.2, -0.15) is 0 Å². The summed E-state index contributed by atoms with van der Waals surface area (Å²) in [5, 5.41) is 0. The number of unbranched alkanes of at least 4 members (excludes halogenated alkanes) is 1. The predicted molar refractivity (Wildman–Crippen MR) is 59.8 cm³/mol. The highest BCUT2D eigenvalue weighted by Crippen LogP contribution is 2.31. The molecule has 0 heteroatoms. The third-order valence-corrected chi connectivity index (χ3v) is 3.43. The Morgan fingerprint density at radius 3 is 2.69 bits per heavy atom. The average Bonchev–Trinajstić information content (AvgIpc) is 2.21. The minimum Gasteiger partial charge on any atom is -0.0885 e. The highest BCUT2D eigenvalue weighted by molar-refractivity contribution is 4.91. The Hall–Kier alpha value is -0.260. The normalized spacial score (nSPS) is 24.6. The first-order valence-corrected chi connectivity index (χ1v) is 6.03. The van der Waals surface area contributed by atoms with Crippen LogP contribution < -0.4 is 0 Å². The summed E-state index contributed by atoms with van der Waals surface area (Å²) < 4.78 is 0. The maximum atomic E-state index is 2.39. The van der Waals surface area contributed by atoms with Gasteiger partial charge in [0, 0.05) is 0 Å². The monoisotopic (exact) mass is 180 g/mol. The van der Waals surface area contributed by atoms with Crippen molar-refractivity contribution in [1.29, 1.82) is 0 Å². The lowest BCUT2D eigenvalue weighted by Crippen LogP contribution is -2.15. The molecular weight excluding hydrogens is 156 g/mol. The molecule has 0 nitrogen and oxygen atoms in total. The third-order valence-electron chi connectivity index (χ3n) is 3.43. The lowest BCUT2D eigenvalue weighted by atomic mass is 9.79. The minimum absolute atomic E-state index is 1.00. The topological polar surface area (TPSA) is 0 Å². The van der Waals surface area contributed by atoms with Gasteiger partial charge >= 0.3 is 0 Å². The summed E-state index contributed by atoms with van der Waals surface area (Å²) in [6.07, 6.45) is 14.5. The van der Waals surface area contributed by atoms with Crippen LogP contribution in [0.15, 0.2) is 12.2 Å². The zero-order valence-electron chi connectivity index (χ0n) is 9.26. The summed E-state index contributed by atoms with van der Waals surface area (Å²) in [7, 11) is 0. The maximum Gasteiger partial charge on any atom is -0.0319 e. The maximum absolute atomic E-state index is 2.39. The molecule has 0 saturated heterocycles. The summed E-state index contributed by atoms with van der Waals surface area (Å²) in [6.45, 7) is 4.66. The summed E-state index contributed by atoms with van der Waals surface area (Å²) in [5.41, 5.74) is 0. The van der Waals surface area contributed by atoms with Gasteiger partial charge in [-0.3, -0.25) is 0 Å². The van der Waals surface area contributed by atoms with Crippen LogP contribution in [-0.4, -0.2) is 0 Å². The molecule has 0 aliphatic heterocycles. The molecule has 0 radical (unpaired) electrons. The van der Waals surface area contributed by atoms with Gasteiger partial charge in [0.15, 0.2) is 0 Å². The highest BCUT2D eigenvalue weighted by Gasteiger charge is 2.19. The molecule has 0 fully saturated rings. The number of allylic oxidation sites excluding steroid dienone is 2. The molecule has 1 aliphatic rings. The van der Waals surface area contributed by atoms with E-state index < -0.39 is 0 Å². The van der Waals surface area contributed by atoms with E-state index in [2.05, 4.69) is 26.0 Å². The highest BCUT2D eigenvalue weighted by atomic mass is 14.2. The Morgan fingerprint density at radius 2 is 2.15 bits per heavy atom. The Bertz CT molecular complexity index is 146. The summed E-state index contributed by atoms with van der Waals surface area (Å²) in [6, 6.07) is 0. The van der Waals surface area contributed by atoms with Gasteiger partial charge in [-0.05, 0) is 31.1 Å². The molecule has 2 unspecified atom stereocenters. The Morgan fingerprint density at radius 1 is 1.31 bits per heavy atom. The van der Waals surface area contributed by atoms with E-state index in [1.165, 1.54) is 44.9 Å². The van der Waals surface area contributed by atoms with Crippen LogP contribution >= 0.6 is 0 Å². The first kappa shape index (κ1) is 10.8. The van der Waals surface area contributed by atoms with Crippen LogP contribution in [0.3, 0.4) is 0 Å². The summed E-state index contributed by atoms with van der Waals surface area (Å²) >= 11 is 0. The van der Waals surface area contributed by atoms with E-state index >= 15 is 0 Å². The van der Waals surface area contributed by atoms with Gasteiger partial charge in [0.25, 0.3) is 0 Å². The van der Waals surface area contributed by atoms with E-state index in [1.54, 1.807) is 0 Å². The second-order valence-electron chi connectivity index (χ2n) is 4.36. The average molecular weight is 180 g/mol. The van der Waals surface area contributed by atoms with Crippen molar-refractivity contribution in [2.45, 2.75) is 58.8 Å². The zero-order valence-corrected chi connectivity index (χ0v) is 9.26. The lowest BCUT2D eigenvalue weighted by Gasteiger charge is -2.27. The second-order valence-corrected chi connectivity index (χ2v) is 4.36. The van der Waals surface area contributed by atoms with Gasteiger partial charge in [0.05, 0.1) is 0 Å². The fourth-order valence-corrected chi connectivity index (χ4v) is 2.48. The minimum atomic E-state index is 1.00. The third kappa shape index (κ3) is 3.54. The number of hydrogen-bond donors (Lipinski definition) is 0. The molecule has 0 amide bonds. The van der Waals surface area contributed by atoms with Crippen molar-refractivity contribution in [3.8, 4) is 0 Å². The molecule has 0 aromatic carbocycles. The largest absolute Gasteiger partial charge is 0.0885 e. The molecule has 76 valence electrons. The van der Waals surface area contributed by atoms with Crippen LogP contribution in [0.5, 0.6) is 0 Å². The molecule has 0 N–H and O–H groups in total. The molecule has 2 atom stereocenters. The van der Waals surface area contributed by atoms with Crippen molar-refractivity contribution in [2.75, 3.05) is 0 Å². The van der Waals surface area contributed by atoms with E-state index in [-0.39, 0.29) is 0 Å². The predicted octanol–water partition coefficient (Wildman–Crippen LogP) is 4.56. The first-order valence-electron chi connectivity index (χ1n) is 6.03. The van der Waals surface area contributed by atoms with Gasteiger partial charge in [-0.15, -0.1) is 0 Å². The molecule has 0 bridgehead atoms. The van der Waals surface area contributed by atoms with Crippen molar-refractivity contribution in [3.63, 3.8) is 0 Å². The fourth-order valence-electron chi connectivity index (χ4n) is 2.48. The molecule has 13 heavy (non-hydrogen) atoms. The second kappa shape index (κ2) is 6.23. The lowest BCUT2D eigenvalue weighted by molar-refractivity contribution is 0.277. The van der Waals surface area contributed by atoms with E-state index in [0.29, 0.717) is 0 Å². The van der Waals surface area contributed by atoms with Crippen molar-refractivity contribution in [2.24, 2.45) is 11.8 Å². The van der Waals surface area contributed by atoms with E-state index in [9.17, 15) is 0 Å². The Kier molecular flexibility index (Phi) is 5.19. The van der Waals surface area contributed by atoms with Gasteiger partial charge in [0.1, 0.15) is 0 Å². The van der Waals surface area contributed by atoms with Crippen molar-refractivity contribution >= 4 is 0 Å². The molecule has 0 aromatic heterocycles. The van der Waals surface area contributed by atoms with E-state index in [4.69, 9.17) is 0 Å².